The number of anilines is 2. The number of β-lactam (4-membered cyclic amide) rings is 1. The molecule has 7 N–H and O–H groups in total. The normalized spacial score (nSPS) is 18.7. The van der Waals surface area contributed by atoms with E-state index in [1.54, 1.807) is 12.1 Å². The van der Waals surface area contributed by atoms with Gasteiger partial charge in [-0.3, -0.25) is 14.1 Å². The fourth-order valence-corrected chi connectivity index (χ4v) is 5.64. The molecule has 248 valence electrons. The molecule has 2 unspecified atom stereocenters. The average molecular weight is 689 g/mol. The van der Waals surface area contributed by atoms with E-state index in [2.05, 4.69) is 56.0 Å². The molecule has 4 aromatic rings. The van der Waals surface area contributed by atoms with Crippen LogP contribution in [-0.2, 0) is 29.1 Å². The van der Waals surface area contributed by atoms with E-state index in [9.17, 15) is 18.0 Å². The predicted molar refractivity (Wildman–Crippen MR) is 164 cm³/mol. The molecule has 20 nitrogen and oxygen atoms in total. The Bertz CT molecular complexity index is 1930. The molecule has 0 aliphatic carbocycles. The van der Waals surface area contributed by atoms with Crippen molar-refractivity contribution < 1.29 is 36.4 Å². The summed E-state index contributed by atoms with van der Waals surface area (Å²) in [5.41, 5.74) is 4.82. The number of aromatic nitrogens is 6. The van der Waals surface area contributed by atoms with E-state index >= 15 is 0 Å². The first kappa shape index (κ1) is 31.9. The molecular weight excluding hydrogens is 660 g/mol. The SMILES string of the molecule is CC1(C)C(NC(=O)C(=NOC(COc2ccc3nc(NC4CNC4)ccc3c2)c2nn[nH]n2)c2csc(N)n2)C(=O)N1OS(=O)(=O)O. The third-order valence-electron chi connectivity index (χ3n) is 7.22. The number of hydrogen-bond donors (Lipinski definition) is 6. The van der Waals surface area contributed by atoms with Gasteiger partial charge in [0.2, 0.25) is 11.9 Å². The summed E-state index contributed by atoms with van der Waals surface area (Å²) in [6.45, 7) is 4.43. The second kappa shape index (κ2) is 12.6. The minimum atomic E-state index is -4.99. The van der Waals surface area contributed by atoms with E-state index < -0.39 is 39.9 Å². The van der Waals surface area contributed by atoms with Crippen molar-refractivity contribution in [1.29, 1.82) is 0 Å². The number of hydrogen-bond acceptors (Lipinski definition) is 17. The molecule has 47 heavy (non-hydrogen) atoms. The minimum absolute atomic E-state index is 0.0258. The number of nitrogens with zero attached hydrogens (tertiary/aromatic N) is 7. The van der Waals surface area contributed by atoms with E-state index in [0.717, 1.165) is 41.1 Å². The van der Waals surface area contributed by atoms with Gasteiger partial charge in [-0.2, -0.15) is 18.7 Å². The Labute approximate surface area is 270 Å². The molecule has 0 radical (unpaired) electrons. The number of oxime groups is 1. The molecule has 0 saturated carbocycles. The first-order chi connectivity index (χ1) is 22.4. The van der Waals surface area contributed by atoms with E-state index in [4.69, 9.17) is 19.9 Å². The van der Waals surface area contributed by atoms with Gasteiger partial charge in [0.25, 0.3) is 11.8 Å². The molecule has 2 fully saturated rings. The number of nitrogens with one attached hydrogen (secondary N) is 4. The Hall–Kier alpha value is -5.03. The van der Waals surface area contributed by atoms with Gasteiger partial charge in [0.1, 0.15) is 29.9 Å². The van der Waals surface area contributed by atoms with E-state index in [0.29, 0.717) is 16.9 Å². The molecule has 2 aliphatic rings. The van der Waals surface area contributed by atoms with Crippen LogP contribution in [0, 0.1) is 0 Å². The first-order valence-corrected chi connectivity index (χ1v) is 16.1. The van der Waals surface area contributed by atoms with Crippen LogP contribution in [0.15, 0.2) is 40.9 Å². The van der Waals surface area contributed by atoms with Gasteiger partial charge < -0.3 is 31.3 Å². The molecule has 0 bridgehead atoms. The number of nitrogen functional groups attached to an aromatic ring is 1. The van der Waals surface area contributed by atoms with Crippen LogP contribution in [0.5, 0.6) is 5.75 Å². The van der Waals surface area contributed by atoms with Gasteiger partial charge in [0, 0.05) is 23.9 Å². The summed E-state index contributed by atoms with van der Waals surface area (Å²) in [6.07, 6.45) is -1.08. The van der Waals surface area contributed by atoms with Crippen molar-refractivity contribution in [3.8, 4) is 5.75 Å². The molecule has 6 rings (SSSR count). The molecule has 22 heteroatoms. The van der Waals surface area contributed by atoms with Gasteiger partial charge in [-0.15, -0.1) is 25.8 Å². The summed E-state index contributed by atoms with van der Waals surface area (Å²) in [6, 6.07) is 8.25. The van der Waals surface area contributed by atoms with Crippen LogP contribution in [0.4, 0.5) is 10.9 Å². The topological polar surface area (TPSA) is 274 Å². The number of pyridine rings is 1. The summed E-state index contributed by atoms with van der Waals surface area (Å²) >= 11 is 1.03. The Balaban J connectivity index is 1.18. The predicted octanol–water partition coefficient (Wildman–Crippen LogP) is -0.449. The average Bonchev–Trinajstić information content (AvgIpc) is 3.70. The molecular formula is C25H28N12O8S2. The van der Waals surface area contributed by atoms with Gasteiger partial charge in [-0.1, -0.05) is 10.4 Å². The van der Waals surface area contributed by atoms with Gasteiger partial charge in [0.15, 0.2) is 10.8 Å². The zero-order valence-corrected chi connectivity index (χ0v) is 26.3. The number of carbonyl (C=O) groups excluding carboxylic acids is 2. The highest BCUT2D eigenvalue weighted by Gasteiger charge is 2.58. The van der Waals surface area contributed by atoms with Crippen LogP contribution < -0.4 is 26.4 Å². The number of thiazole rings is 1. The van der Waals surface area contributed by atoms with Crippen LogP contribution in [0.2, 0.25) is 0 Å². The van der Waals surface area contributed by atoms with Crippen LogP contribution in [0.3, 0.4) is 0 Å². The lowest BCUT2D eigenvalue weighted by Gasteiger charge is -2.50. The highest BCUT2D eigenvalue weighted by molar-refractivity contribution is 7.80. The van der Waals surface area contributed by atoms with Crippen LogP contribution >= 0.6 is 11.3 Å². The quantitative estimate of drug-likeness (QED) is 0.0449. The zero-order valence-electron chi connectivity index (χ0n) is 24.6. The van der Waals surface area contributed by atoms with E-state index in [-0.39, 0.29) is 29.0 Å². The van der Waals surface area contributed by atoms with Gasteiger partial charge in [-0.25, -0.2) is 9.97 Å². The van der Waals surface area contributed by atoms with Crippen molar-refractivity contribution in [2.24, 2.45) is 5.16 Å². The highest BCUT2D eigenvalue weighted by Crippen LogP contribution is 2.33. The van der Waals surface area contributed by atoms with Crippen LogP contribution in [0.1, 0.15) is 31.5 Å². The van der Waals surface area contributed by atoms with E-state index in [1.165, 1.54) is 19.2 Å². The molecule has 2 amide bonds. The van der Waals surface area contributed by atoms with Gasteiger partial charge in [0.05, 0.1) is 17.1 Å². The first-order valence-electron chi connectivity index (χ1n) is 13.9. The second-order valence-electron chi connectivity index (χ2n) is 10.9. The molecule has 1 aromatic carbocycles. The monoisotopic (exact) mass is 688 g/mol. The number of aromatic amines is 1. The number of H-pyrrole nitrogens is 1. The molecule has 0 spiro atoms. The smallest absolute Gasteiger partial charge is 0.418 e. The summed E-state index contributed by atoms with van der Waals surface area (Å²) in [4.78, 5) is 40.5. The van der Waals surface area contributed by atoms with Crippen molar-refractivity contribution in [1.82, 2.24) is 46.3 Å². The van der Waals surface area contributed by atoms with Crippen molar-refractivity contribution >= 4 is 61.1 Å². The lowest BCUT2D eigenvalue weighted by molar-refractivity contribution is -0.218. The molecule has 2 saturated heterocycles. The highest BCUT2D eigenvalue weighted by atomic mass is 32.3. The number of fused-ring (bicyclic) bond motifs is 1. The Morgan fingerprint density at radius 2 is 2.09 bits per heavy atom. The Morgan fingerprint density at radius 3 is 2.72 bits per heavy atom. The number of carbonyl (C=O) groups is 2. The van der Waals surface area contributed by atoms with Crippen LogP contribution in [0.25, 0.3) is 10.9 Å². The summed E-state index contributed by atoms with van der Waals surface area (Å²) in [5, 5.41) is 29.7. The lowest BCUT2D eigenvalue weighted by Crippen LogP contribution is -2.76. The largest absolute Gasteiger partial charge is 0.489 e. The lowest BCUT2D eigenvalue weighted by atomic mass is 9.84. The van der Waals surface area contributed by atoms with Crippen molar-refractivity contribution in [2.75, 3.05) is 30.7 Å². The number of nitrogens with two attached hydrogens (primary N) is 1. The minimum Gasteiger partial charge on any atom is -0.489 e. The van der Waals surface area contributed by atoms with Gasteiger partial charge >= 0.3 is 10.4 Å². The number of tetrazole rings is 1. The zero-order chi connectivity index (χ0) is 33.3. The van der Waals surface area contributed by atoms with E-state index in [1.807, 2.05) is 18.2 Å². The molecule has 3 aromatic heterocycles. The molecule has 2 aliphatic heterocycles. The van der Waals surface area contributed by atoms with Crippen molar-refractivity contribution in [3.05, 3.63) is 47.2 Å². The maximum atomic E-state index is 13.4. The number of amides is 2. The second-order valence-corrected chi connectivity index (χ2v) is 12.8. The van der Waals surface area contributed by atoms with Crippen LogP contribution in [-0.4, -0.2) is 103 Å². The number of rotatable bonds is 13. The molecule has 5 heterocycles. The molecule has 2 atom stereocenters. The third-order valence-corrected chi connectivity index (χ3v) is 8.23. The van der Waals surface area contributed by atoms with Crippen molar-refractivity contribution in [2.45, 2.75) is 37.6 Å². The maximum Gasteiger partial charge on any atom is 0.418 e. The number of hydroxylamine groups is 2. The summed E-state index contributed by atoms with van der Waals surface area (Å²) in [7, 11) is -4.99. The van der Waals surface area contributed by atoms with Crippen molar-refractivity contribution in [3.63, 3.8) is 0 Å². The summed E-state index contributed by atoms with van der Waals surface area (Å²) in [5.74, 6) is -0.534. The number of benzene rings is 1. The van der Waals surface area contributed by atoms with Gasteiger partial charge in [-0.05, 0) is 44.2 Å². The Kier molecular flexibility index (Phi) is 8.59. The maximum absolute atomic E-state index is 13.4. The summed E-state index contributed by atoms with van der Waals surface area (Å²) < 4.78 is 41.6. The fraction of sp³-hybridized carbons (Fsp3) is 0.360. The number of ether oxygens (including phenoxy) is 1. The third kappa shape index (κ3) is 7.05. The Morgan fingerprint density at radius 1 is 1.28 bits per heavy atom. The standard InChI is InChI=1S/C25H28N12O8S2/c1-25(2)20(23(39)37(25)45-47(40,41)42)31-22(38)19(16-11-46-24(26)30-16)34-44-17(21-32-35-36-33-21)10-43-14-4-5-15-12(7-14)3-6-18(29-15)28-13-8-27-9-13/h3-7,11,13,17,20,27H,8-10H2,1-2H3,(H2,26,30)(H,28,29)(H,31,38)(H,40,41,42)(H,32,33,35,36). The fourth-order valence-electron chi connectivity index (χ4n) is 4.64.